The molecule has 1 N–H and O–H groups in total. The van der Waals surface area contributed by atoms with Gasteiger partial charge in [0.05, 0.1) is 17.4 Å². The van der Waals surface area contributed by atoms with Gasteiger partial charge in [-0.3, -0.25) is 24.8 Å². The second kappa shape index (κ2) is 4.25. The van der Waals surface area contributed by atoms with Crippen LogP contribution in [0.25, 0.3) is 0 Å². The Labute approximate surface area is 120 Å². The van der Waals surface area contributed by atoms with Crippen molar-refractivity contribution in [1.82, 2.24) is 15.4 Å². The van der Waals surface area contributed by atoms with Crippen LogP contribution in [0.15, 0.2) is 36.7 Å². The van der Waals surface area contributed by atoms with Crippen LogP contribution in [-0.4, -0.2) is 27.7 Å². The molecule has 2 aliphatic carbocycles. The highest BCUT2D eigenvalue weighted by atomic mass is 16.2. The molecule has 3 amide bonds. The normalized spacial score (nSPS) is 32.7. The second-order valence-corrected chi connectivity index (χ2v) is 5.69. The molecule has 6 nitrogen and oxygen atoms in total. The number of fused-ring (bicyclic) bond motifs is 5. The van der Waals surface area contributed by atoms with Crippen molar-refractivity contribution in [3.05, 3.63) is 42.2 Å². The summed E-state index contributed by atoms with van der Waals surface area (Å²) in [4.78, 5) is 40.7. The molecule has 1 aromatic rings. The average Bonchev–Trinajstić information content (AvgIpc) is 3.18. The highest BCUT2D eigenvalue weighted by Crippen LogP contribution is 2.52. The number of hydrogen-bond donors (Lipinski definition) is 1. The largest absolute Gasteiger partial charge is 0.272 e. The first-order chi connectivity index (χ1) is 10.2. The number of amides is 3. The van der Waals surface area contributed by atoms with Gasteiger partial charge in [-0.25, -0.2) is 0 Å². The zero-order chi connectivity index (χ0) is 14.6. The van der Waals surface area contributed by atoms with Crippen LogP contribution in [-0.2, 0) is 9.59 Å². The molecule has 3 aliphatic rings. The van der Waals surface area contributed by atoms with Gasteiger partial charge in [0.25, 0.3) is 17.7 Å². The van der Waals surface area contributed by atoms with E-state index in [4.69, 9.17) is 0 Å². The topological polar surface area (TPSA) is 79.4 Å². The number of allylic oxidation sites excluding steroid dienone is 2. The van der Waals surface area contributed by atoms with Crippen molar-refractivity contribution >= 4 is 17.7 Å². The number of carbonyl (C=O) groups is 3. The molecule has 2 bridgehead atoms. The van der Waals surface area contributed by atoms with Crippen molar-refractivity contribution < 1.29 is 14.4 Å². The maximum Gasteiger partial charge on any atom is 0.271 e. The van der Waals surface area contributed by atoms with Crippen molar-refractivity contribution in [3.63, 3.8) is 0 Å². The van der Waals surface area contributed by atoms with E-state index < -0.39 is 5.91 Å². The SMILES string of the molecule is O=C(NN1C(=O)C2C3C=CC(C3)C2C1=O)c1cccnc1. The third kappa shape index (κ3) is 1.65. The van der Waals surface area contributed by atoms with E-state index in [1.165, 1.54) is 6.20 Å². The third-order valence-electron chi connectivity index (χ3n) is 4.61. The maximum atomic E-state index is 12.4. The van der Waals surface area contributed by atoms with Crippen LogP contribution < -0.4 is 5.43 Å². The second-order valence-electron chi connectivity index (χ2n) is 5.69. The number of nitrogens with zero attached hydrogens (tertiary/aromatic N) is 2. The fourth-order valence-electron chi connectivity index (χ4n) is 3.68. The number of aromatic nitrogens is 1. The molecular formula is C15H13N3O3. The first-order valence-electron chi connectivity index (χ1n) is 6.94. The molecule has 1 aromatic heterocycles. The van der Waals surface area contributed by atoms with Gasteiger partial charge in [-0.2, -0.15) is 5.01 Å². The number of carbonyl (C=O) groups excluding carboxylic acids is 3. The molecule has 0 radical (unpaired) electrons. The number of pyridine rings is 1. The Hall–Kier alpha value is -2.50. The van der Waals surface area contributed by atoms with Gasteiger partial charge in [-0.05, 0) is 30.4 Å². The number of hydrazine groups is 1. The predicted octanol–water partition coefficient (Wildman–Crippen LogP) is 0.533. The van der Waals surface area contributed by atoms with Gasteiger partial charge in [0, 0.05) is 12.4 Å². The lowest BCUT2D eigenvalue weighted by molar-refractivity contribution is -0.143. The van der Waals surface area contributed by atoms with Crippen LogP contribution in [0.4, 0.5) is 0 Å². The molecule has 4 unspecified atom stereocenters. The van der Waals surface area contributed by atoms with E-state index in [0.29, 0.717) is 5.56 Å². The number of nitrogens with one attached hydrogen (secondary N) is 1. The summed E-state index contributed by atoms with van der Waals surface area (Å²) in [5, 5.41) is 0.900. The highest BCUT2D eigenvalue weighted by Gasteiger charge is 2.59. The molecule has 2 heterocycles. The molecule has 6 heteroatoms. The van der Waals surface area contributed by atoms with E-state index in [-0.39, 0.29) is 35.5 Å². The fraction of sp³-hybridized carbons (Fsp3) is 0.333. The summed E-state index contributed by atoms with van der Waals surface area (Å²) in [5.41, 5.74) is 2.74. The van der Waals surface area contributed by atoms with E-state index in [1.54, 1.807) is 18.3 Å². The van der Waals surface area contributed by atoms with Gasteiger partial charge >= 0.3 is 0 Å². The minimum absolute atomic E-state index is 0.136. The summed E-state index contributed by atoms with van der Waals surface area (Å²) < 4.78 is 0. The Balaban J connectivity index is 1.56. The fourth-order valence-corrected chi connectivity index (χ4v) is 3.68. The number of imide groups is 1. The minimum atomic E-state index is -0.495. The van der Waals surface area contributed by atoms with Gasteiger partial charge in [0.1, 0.15) is 0 Å². The molecule has 0 aromatic carbocycles. The Morgan fingerprint density at radius 2 is 1.86 bits per heavy atom. The smallest absolute Gasteiger partial charge is 0.271 e. The van der Waals surface area contributed by atoms with Crippen LogP contribution >= 0.6 is 0 Å². The van der Waals surface area contributed by atoms with Crippen molar-refractivity contribution in [1.29, 1.82) is 0 Å². The van der Waals surface area contributed by atoms with Crippen molar-refractivity contribution in [3.8, 4) is 0 Å². The summed E-state index contributed by atoms with van der Waals surface area (Å²) in [7, 11) is 0. The summed E-state index contributed by atoms with van der Waals surface area (Å²) in [6.07, 6.45) is 7.85. The summed E-state index contributed by atoms with van der Waals surface area (Å²) in [6.45, 7) is 0. The van der Waals surface area contributed by atoms with Gasteiger partial charge in [-0.15, -0.1) is 0 Å². The van der Waals surface area contributed by atoms with Crippen molar-refractivity contribution in [2.75, 3.05) is 0 Å². The van der Waals surface area contributed by atoms with Crippen molar-refractivity contribution in [2.24, 2.45) is 23.7 Å². The molecule has 1 saturated carbocycles. The molecule has 1 saturated heterocycles. The standard InChI is InChI=1S/C15H13N3O3/c19-13(10-2-1-5-16-7-10)17-18-14(20)11-8-3-4-9(6-8)12(11)15(18)21/h1-5,7-9,11-12H,6H2,(H,17,19). The monoisotopic (exact) mass is 283 g/mol. The van der Waals surface area contributed by atoms with Gasteiger partial charge < -0.3 is 0 Å². The zero-order valence-corrected chi connectivity index (χ0v) is 11.1. The molecule has 21 heavy (non-hydrogen) atoms. The number of hydrogen-bond acceptors (Lipinski definition) is 4. The molecule has 0 spiro atoms. The van der Waals surface area contributed by atoms with Crippen molar-refractivity contribution in [2.45, 2.75) is 6.42 Å². The molecule has 2 fully saturated rings. The lowest BCUT2D eigenvalue weighted by Crippen LogP contribution is -2.47. The van der Waals surface area contributed by atoms with Crippen LogP contribution in [0, 0.1) is 23.7 Å². The van der Waals surface area contributed by atoms with E-state index in [1.807, 2.05) is 12.2 Å². The quantitative estimate of drug-likeness (QED) is 0.634. The summed E-state index contributed by atoms with van der Waals surface area (Å²) >= 11 is 0. The summed E-state index contributed by atoms with van der Waals surface area (Å²) in [5.74, 6) is -1.42. The predicted molar refractivity (Wildman–Crippen MR) is 71.3 cm³/mol. The first kappa shape index (κ1) is 12.3. The maximum absolute atomic E-state index is 12.4. The number of rotatable bonds is 2. The van der Waals surface area contributed by atoms with Gasteiger partial charge in [0.15, 0.2) is 0 Å². The zero-order valence-electron chi connectivity index (χ0n) is 11.1. The summed E-state index contributed by atoms with van der Waals surface area (Å²) in [6, 6.07) is 3.21. The Bertz CT molecular complexity index is 640. The van der Waals surface area contributed by atoms with Gasteiger partial charge in [0.2, 0.25) is 0 Å². The molecule has 4 atom stereocenters. The van der Waals surface area contributed by atoms with E-state index in [0.717, 1.165) is 11.4 Å². The lowest BCUT2D eigenvalue weighted by Gasteiger charge is -2.17. The molecule has 1 aliphatic heterocycles. The van der Waals surface area contributed by atoms with Crippen LogP contribution in [0.3, 0.4) is 0 Å². The molecule has 106 valence electrons. The first-order valence-corrected chi connectivity index (χ1v) is 6.94. The Kier molecular flexibility index (Phi) is 2.48. The van der Waals surface area contributed by atoms with Crippen LogP contribution in [0.5, 0.6) is 0 Å². The van der Waals surface area contributed by atoms with E-state index in [2.05, 4.69) is 10.4 Å². The molecule has 4 rings (SSSR count). The third-order valence-corrected chi connectivity index (χ3v) is 4.61. The minimum Gasteiger partial charge on any atom is -0.272 e. The van der Waals surface area contributed by atoms with E-state index in [9.17, 15) is 14.4 Å². The van der Waals surface area contributed by atoms with Crippen LogP contribution in [0.2, 0.25) is 0 Å². The van der Waals surface area contributed by atoms with E-state index >= 15 is 0 Å². The van der Waals surface area contributed by atoms with Gasteiger partial charge in [-0.1, -0.05) is 12.2 Å². The average molecular weight is 283 g/mol. The Morgan fingerprint density at radius 3 is 2.43 bits per heavy atom. The lowest BCUT2D eigenvalue weighted by atomic mass is 9.85. The Morgan fingerprint density at radius 1 is 1.19 bits per heavy atom. The highest BCUT2D eigenvalue weighted by molar-refractivity contribution is 6.08. The molecular weight excluding hydrogens is 270 g/mol. The van der Waals surface area contributed by atoms with Crippen LogP contribution in [0.1, 0.15) is 16.8 Å².